The van der Waals surface area contributed by atoms with Crippen molar-refractivity contribution in [3.8, 4) is 0 Å². The second kappa shape index (κ2) is 6.50. The van der Waals surface area contributed by atoms with E-state index in [1.54, 1.807) is 0 Å². The number of nitrogens with zero attached hydrogens (tertiary/aromatic N) is 3. The minimum Gasteiger partial charge on any atom is -0.340 e. The highest BCUT2D eigenvalue weighted by molar-refractivity contribution is 5.84. The number of carbonyl (C=O) groups excluding carboxylic acids is 1. The van der Waals surface area contributed by atoms with E-state index in [0.717, 1.165) is 18.7 Å². The Labute approximate surface area is 137 Å². The Morgan fingerprint density at radius 1 is 1.13 bits per heavy atom. The second-order valence-corrected chi connectivity index (χ2v) is 6.50. The highest BCUT2D eigenvalue weighted by Crippen LogP contribution is 2.30. The number of aryl methyl sites for hydroxylation is 1. The zero-order valence-electron chi connectivity index (χ0n) is 13.9. The van der Waals surface area contributed by atoms with Gasteiger partial charge in [-0.3, -0.25) is 14.7 Å². The van der Waals surface area contributed by atoms with Crippen LogP contribution in [0.15, 0.2) is 48.8 Å². The molecular weight excluding hydrogens is 286 g/mol. The zero-order valence-corrected chi connectivity index (χ0v) is 13.9. The van der Waals surface area contributed by atoms with Crippen molar-refractivity contribution in [1.29, 1.82) is 0 Å². The molecule has 2 heterocycles. The number of rotatable bonds is 4. The molecule has 1 atom stereocenters. The van der Waals surface area contributed by atoms with Gasteiger partial charge in [0.25, 0.3) is 0 Å². The average molecular weight is 309 g/mol. The van der Waals surface area contributed by atoms with E-state index < -0.39 is 0 Å². The highest BCUT2D eigenvalue weighted by atomic mass is 16.2. The van der Waals surface area contributed by atoms with Crippen molar-refractivity contribution in [3.63, 3.8) is 0 Å². The van der Waals surface area contributed by atoms with Crippen LogP contribution in [0.5, 0.6) is 0 Å². The number of likely N-dealkylation sites (N-methyl/N-ethyl adjacent to an activating group) is 1. The topological polar surface area (TPSA) is 36.4 Å². The summed E-state index contributed by atoms with van der Waals surface area (Å²) in [7, 11) is 3.92. The summed E-state index contributed by atoms with van der Waals surface area (Å²) in [5, 5.41) is 0. The summed E-state index contributed by atoms with van der Waals surface area (Å²) in [6.07, 6.45) is 3.63. The first-order valence-electron chi connectivity index (χ1n) is 7.98. The Hall–Kier alpha value is -2.20. The molecule has 3 rings (SSSR count). The Bertz CT molecular complexity index is 661. The van der Waals surface area contributed by atoms with Crippen LogP contribution in [0.1, 0.15) is 28.7 Å². The van der Waals surface area contributed by atoms with Crippen LogP contribution in [0, 0.1) is 6.92 Å². The largest absolute Gasteiger partial charge is 0.340 e. The Morgan fingerprint density at radius 2 is 1.74 bits per heavy atom. The predicted molar refractivity (Wildman–Crippen MR) is 91.2 cm³/mol. The maximum atomic E-state index is 12.9. The summed E-state index contributed by atoms with van der Waals surface area (Å²) >= 11 is 0. The van der Waals surface area contributed by atoms with E-state index in [-0.39, 0.29) is 11.9 Å². The first-order valence-corrected chi connectivity index (χ1v) is 7.98. The summed E-state index contributed by atoms with van der Waals surface area (Å²) in [4.78, 5) is 20.9. The lowest BCUT2D eigenvalue weighted by atomic mass is 9.90. The molecule has 1 aromatic heterocycles. The molecule has 1 unspecified atom stereocenters. The van der Waals surface area contributed by atoms with E-state index in [0.29, 0.717) is 5.92 Å². The van der Waals surface area contributed by atoms with Gasteiger partial charge in [0.1, 0.15) is 6.04 Å². The SMILES string of the molecule is Cc1ccc(C(C(=O)N2CC(c3ccncc3)C2)N(C)C)cc1. The quantitative estimate of drug-likeness (QED) is 0.871. The van der Waals surface area contributed by atoms with Crippen molar-refractivity contribution in [2.24, 2.45) is 0 Å². The molecule has 4 heteroatoms. The Balaban J connectivity index is 1.70. The third-order valence-corrected chi connectivity index (χ3v) is 4.51. The predicted octanol–water partition coefficient (Wildman–Crippen LogP) is 2.62. The van der Waals surface area contributed by atoms with Crippen molar-refractivity contribution in [1.82, 2.24) is 14.8 Å². The van der Waals surface area contributed by atoms with E-state index in [1.165, 1.54) is 11.1 Å². The lowest BCUT2D eigenvalue weighted by Crippen LogP contribution is -2.52. The molecule has 2 aromatic rings. The Morgan fingerprint density at radius 3 is 2.30 bits per heavy atom. The van der Waals surface area contributed by atoms with E-state index in [4.69, 9.17) is 0 Å². The van der Waals surface area contributed by atoms with E-state index >= 15 is 0 Å². The van der Waals surface area contributed by atoms with Crippen LogP contribution in [-0.4, -0.2) is 47.9 Å². The van der Waals surface area contributed by atoms with Gasteiger partial charge in [-0.25, -0.2) is 0 Å². The standard InChI is InChI=1S/C19H23N3O/c1-14-4-6-16(7-5-14)18(21(2)3)19(23)22-12-17(13-22)15-8-10-20-11-9-15/h4-11,17-18H,12-13H2,1-3H3. The van der Waals surface area contributed by atoms with Gasteiger partial charge in [0.2, 0.25) is 5.91 Å². The lowest BCUT2D eigenvalue weighted by molar-refractivity contribution is -0.141. The minimum atomic E-state index is -0.214. The monoisotopic (exact) mass is 309 g/mol. The molecular formula is C19H23N3O. The van der Waals surface area contributed by atoms with Gasteiger partial charge in [0.05, 0.1) is 0 Å². The molecule has 0 spiro atoms. The van der Waals surface area contributed by atoms with Gasteiger partial charge in [-0.2, -0.15) is 0 Å². The molecule has 0 radical (unpaired) electrons. The van der Waals surface area contributed by atoms with E-state index in [1.807, 2.05) is 48.4 Å². The van der Waals surface area contributed by atoms with Gasteiger partial charge in [0, 0.05) is 31.4 Å². The highest BCUT2D eigenvalue weighted by Gasteiger charge is 2.36. The number of amides is 1. The van der Waals surface area contributed by atoms with Gasteiger partial charge in [-0.1, -0.05) is 29.8 Å². The molecule has 0 N–H and O–H groups in total. The van der Waals surface area contributed by atoms with Crippen LogP contribution < -0.4 is 0 Å². The molecule has 23 heavy (non-hydrogen) atoms. The summed E-state index contributed by atoms with van der Waals surface area (Å²) < 4.78 is 0. The van der Waals surface area contributed by atoms with Crippen molar-refractivity contribution in [3.05, 3.63) is 65.5 Å². The van der Waals surface area contributed by atoms with Crippen molar-refractivity contribution in [2.45, 2.75) is 18.9 Å². The Kier molecular flexibility index (Phi) is 4.44. The van der Waals surface area contributed by atoms with Crippen molar-refractivity contribution < 1.29 is 4.79 Å². The maximum absolute atomic E-state index is 12.9. The van der Waals surface area contributed by atoms with Crippen LogP contribution in [0.25, 0.3) is 0 Å². The molecule has 0 aliphatic carbocycles. The van der Waals surface area contributed by atoms with Gasteiger partial charge in [-0.05, 0) is 44.3 Å². The molecule has 120 valence electrons. The van der Waals surface area contributed by atoms with E-state index in [9.17, 15) is 4.79 Å². The fourth-order valence-corrected chi connectivity index (χ4v) is 3.09. The third-order valence-electron chi connectivity index (χ3n) is 4.51. The van der Waals surface area contributed by atoms with Crippen LogP contribution >= 0.6 is 0 Å². The molecule has 1 saturated heterocycles. The molecule has 1 aliphatic rings. The number of hydrogen-bond acceptors (Lipinski definition) is 3. The number of benzene rings is 1. The normalized spacial score (nSPS) is 16.3. The fraction of sp³-hybridized carbons (Fsp3) is 0.368. The number of aromatic nitrogens is 1. The number of pyridine rings is 1. The number of likely N-dealkylation sites (tertiary alicyclic amines) is 1. The first-order chi connectivity index (χ1) is 11.1. The molecule has 0 bridgehead atoms. The third kappa shape index (κ3) is 3.27. The lowest BCUT2D eigenvalue weighted by Gasteiger charge is -2.42. The number of carbonyl (C=O) groups is 1. The summed E-state index contributed by atoms with van der Waals surface area (Å²) in [6, 6.07) is 12.1. The smallest absolute Gasteiger partial charge is 0.244 e. The molecule has 4 nitrogen and oxygen atoms in total. The van der Waals surface area contributed by atoms with Crippen molar-refractivity contribution >= 4 is 5.91 Å². The van der Waals surface area contributed by atoms with Crippen molar-refractivity contribution in [2.75, 3.05) is 27.2 Å². The fourth-order valence-electron chi connectivity index (χ4n) is 3.09. The van der Waals surface area contributed by atoms with Gasteiger partial charge in [0.15, 0.2) is 0 Å². The van der Waals surface area contributed by atoms with Crippen LogP contribution in [-0.2, 0) is 4.79 Å². The molecule has 0 saturated carbocycles. The van der Waals surface area contributed by atoms with E-state index in [2.05, 4.69) is 36.2 Å². The summed E-state index contributed by atoms with van der Waals surface area (Å²) in [5.74, 6) is 0.618. The summed E-state index contributed by atoms with van der Waals surface area (Å²) in [6.45, 7) is 3.64. The zero-order chi connectivity index (χ0) is 16.4. The average Bonchev–Trinajstić information content (AvgIpc) is 2.49. The number of hydrogen-bond donors (Lipinski definition) is 0. The second-order valence-electron chi connectivity index (χ2n) is 6.50. The van der Waals surface area contributed by atoms with Gasteiger partial charge >= 0.3 is 0 Å². The van der Waals surface area contributed by atoms with Crippen LogP contribution in [0.4, 0.5) is 0 Å². The van der Waals surface area contributed by atoms with Gasteiger partial charge in [-0.15, -0.1) is 0 Å². The molecule has 1 amide bonds. The molecule has 1 aromatic carbocycles. The van der Waals surface area contributed by atoms with Gasteiger partial charge < -0.3 is 4.90 Å². The first kappa shape index (κ1) is 15.7. The molecule has 1 aliphatic heterocycles. The minimum absolute atomic E-state index is 0.184. The van der Waals surface area contributed by atoms with Crippen LogP contribution in [0.2, 0.25) is 0 Å². The van der Waals surface area contributed by atoms with Crippen LogP contribution in [0.3, 0.4) is 0 Å². The maximum Gasteiger partial charge on any atom is 0.244 e. The summed E-state index contributed by atoms with van der Waals surface area (Å²) in [5.41, 5.74) is 3.53. The molecule has 1 fully saturated rings.